The first-order valence-electron chi connectivity index (χ1n) is 7.41. The van der Waals surface area contributed by atoms with Crippen molar-refractivity contribution in [1.29, 1.82) is 0 Å². The Morgan fingerprint density at radius 3 is 2.43 bits per heavy atom. The summed E-state index contributed by atoms with van der Waals surface area (Å²) >= 11 is 11.8. The Morgan fingerprint density at radius 1 is 1.14 bits per heavy atom. The molecular weight excluding hydrogens is 307 g/mol. The summed E-state index contributed by atoms with van der Waals surface area (Å²) < 4.78 is 0. The molecule has 1 fully saturated rings. The summed E-state index contributed by atoms with van der Waals surface area (Å²) in [6, 6.07) is 6.11. The van der Waals surface area contributed by atoms with Gasteiger partial charge in [0, 0.05) is 29.4 Å². The number of carbonyl (C=O) groups is 1. The smallest absolute Gasteiger partial charge is 0.251 e. The molecule has 1 aliphatic carbocycles. The predicted molar refractivity (Wildman–Crippen MR) is 88.1 cm³/mol. The third kappa shape index (κ3) is 4.12. The number of nitrogens with one attached hydrogen (secondary N) is 2. The van der Waals surface area contributed by atoms with Crippen LogP contribution < -0.4 is 10.6 Å². The minimum atomic E-state index is -0.0327. The molecule has 21 heavy (non-hydrogen) atoms. The zero-order valence-electron chi connectivity index (χ0n) is 12.3. The lowest BCUT2D eigenvalue weighted by atomic mass is 9.90. The monoisotopic (exact) mass is 328 g/mol. The number of rotatable bonds is 5. The number of alkyl halides is 2. The Bertz CT molecular complexity index is 493. The van der Waals surface area contributed by atoms with Crippen molar-refractivity contribution in [3.8, 4) is 0 Å². The van der Waals surface area contributed by atoms with Crippen LogP contribution in [0.3, 0.4) is 0 Å². The van der Waals surface area contributed by atoms with Crippen LogP contribution in [-0.4, -0.2) is 25.0 Å². The fraction of sp³-hybridized carbons (Fsp3) is 0.562. The zero-order valence-corrected chi connectivity index (χ0v) is 13.8. The van der Waals surface area contributed by atoms with Crippen molar-refractivity contribution in [3.05, 3.63) is 34.9 Å². The molecule has 116 valence electrons. The molecule has 2 atom stereocenters. The molecule has 3 nitrogen and oxygen atoms in total. The average molecular weight is 329 g/mol. The number of amides is 1. The van der Waals surface area contributed by atoms with Gasteiger partial charge in [0.2, 0.25) is 0 Å². The van der Waals surface area contributed by atoms with Gasteiger partial charge in [-0.25, -0.2) is 0 Å². The van der Waals surface area contributed by atoms with Crippen molar-refractivity contribution in [2.75, 3.05) is 7.05 Å². The van der Waals surface area contributed by atoms with Crippen molar-refractivity contribution in [2.24, 2.45) is 0 Å². The van der Waals surface area contributed by atoms with Crippen LogP contribution in [0.2, 0.25) is 0 Å². The Labute approximate surface area is 136 Å². The van der Waals surface area contributed by atoms with Crippen molar-refractivity contribution >= 4 is 29.1 Å². The zero-order chi connectivity index (χ0) is 15.2. The van der Waals surface area contributed by atoms with Gasteiger partial charge in [-0.15, -0.1) is 23.2 Å². The quantitative estimate of drug-likeness (QED) is 0.813. The number of carbonyl (C=O) groups excluding carboxylic acids is 1. The van der Waals surface area contributed by atoms with Crippen LogP contribution in [0.15, 0.2) is 18.2 Å². The molecule has 1 aromatic rings. The van der Waals surface area contributed by atoms with Crippen LogP contribution in [0.5, 0.6) is 0 Å². The molecule has 0 bridgehead atoms. The summed E-state index contributed by atoms with van der Waals surface area (Å²) in [6.07, 6.45) is 4.53. The second-order valence-electron chi connectivity index (χ2n) is 5.51. The maximum atomic E-state index is 12.4. The first kappa shape index (κ1) is 16.6. The van der Waals surface area contributed by atoms with Crippen LogP contribution >= 0.6 is 23.2 Å². The molecule has 0 heterocycles. The number of hydrogen-bond donors (Lipinski definition) is 2. The van der Waals surface area contributed by atoms with E-state index in [1.165, 1.54) is 12.8 Å². The fourth-order valence-corrected chi connectivity index (χ4v) is 3.43. The molecule has 0 aliphatic heterocycles. The average Bonchev–Trinajstić information content (AvgIpc) is 2.54. The van der Waals surface area contributed by atoms with Gasteiger partial charge in [0.1, 0.15) is 0 Å². The van der Waals surface area contributed by atoms with Gasteiger partial charge in [-0.2, -0.15) is 0 Å². The van der Waals surface area contributed by atoms with Crippen LogP contribution in [-0.2, 0) is 11.8 Å². The second kappa shape index (κ2) is 8.02. The van der Waals surface area contributed by atoms with Crippen LogP contribution in [0.4, 0.5) is 0 Å². The summed E-state index contributed by atoms with van der Waals surface area (Å²) in [4.78, 5) is 12.4. The third-order valence-corrected chi connectivity index (χ3v) is 4.79. The highest BCUT2D eigenvalue weighted by Gasteiger charge is 2.25. The van der Waals surface area contributed by atoms with Gasteiger partial charge in [0.15, 0.2) is 0 Å². The molecule has 1 aromatic carbocycles. The van der Waals surface area contributed by atoms with E-state index < -0.39 is 0 Å². The maximum absolute atomic E-state index is 12.4. The van der Waals surface area contributed by atoms with Gasteiger partial charge in [-0.1, -0.05) is 18.9 Å². The predicted octanol–water partition coefficient (Wildman–Crippen LogP) is 3.42. The number of likely N-dealkylation sites (N-methyl/N-ethyl adjacent to an activating group) is 1. The van der Waals surface area contributed by atoms with E-state index in [4.69, 9.17) is 23.2 Å². The first-order chi connectivity index (χ1) is 10.2. The highest BCUT2D eigenvalue weighted by Crippen LogP contribution is 2.20. The van der Waals surface area contributed by atoms with E-state index >= 15 is 0 Å². The molecule has 0 radical (unpaired) electrons. The molecule has 1 saturated carbocycles. The number of hydrogen-bond acceptors (Lipinski definition) is 2. The SMILES string of the molecule is CNC1CCCCC1NC(=O)c1ccc(CCl)c(CCl)c1. The summed E-state index contributed by atoms with van der Waals surface area (Å²) in [7, 11) is 1.95. The molecule has 1 aliphatic rings. The molecule has 0 saturated heterocycles. The largest absolute Gasteiger partial charge is 0.348 e. The number of halogens is 2. The highest BCUT2D eigenvalue weighted by atomic mass is 35.5. The Hall–Kier alpha value is -0.770. The van der Waals surface area contributed by atoms with Gasteiger partial charge in [-0.3, -0.25) is 4.79 Å². The summed E-state index contributed by atoms with van der Waals surface area (Å²) in [6.45, 7) is 0. The summed E-state index contributed by atoms with van der Waals surface area (Å²) in [5.41, 5.74) is 2.56. The second-order valence-corrected chi connectivity index (χ2v) is 6.04. The lowest BCUT2D eigenvalue weighted by Crippen LogP contribution is -2.50. The van der Waals surface area contributed by atoms with E-state index in [0.717, 1.165) is 24.0 Å². The molecule has 2 unspecified atom stereocenters. The Morgan fingerprint density at radius 2 is 1.81 bits per heavy atom. The normalized spacial score (nSPS) is 22.0. The molecule has 0 aromatic heterocycles. The minimum absolute atomic E-state index is 0.0327. The van der Waals surface area contributed by atoms with E-state index in [2.05, 4.69) is 10.6 Å². The van der Waals surface area contributed by atoms with Crippen LogP contribution in [0.1, 0.15) is 47.2 Å². The van der Waals surface area contributed by atoms with Gasteiger partial charge < -0.3 is 10.6 Å². The topological polar surface area (TPSA) is 41.1 Å². The number of benzene rings is 1. The highest BCUT2D eigenvalue weighted by molar-refractivity contribution is 6.18. The molecule has 2 N–H and O–H groups in total. The third-order valence-electron chi connectivity index (χ3n) is 4.21. The summed E-state index contributed by atoms with van der Waals surface area (Å²) in [5, 5.41) is 6.45. The van der Waals surface area contributed by atoms with E-state index in [9.17, 15) is 4.79 Å². The van der Waals surface area contributed by atoms with Crippen molar-refractivity contribution < 1.29 is 4.79 Å². The molecule has 1 amide bonds. The Kier molecular flexibility index (Phi) is 6.34. The lowest BCUT2D eigenvalue weighted by molar-refractivity contribution is 0.0916. The Balaban J connectivity index is 2.09. The maximum Gasteiger partial charge on any atom is 0.251 e. The van der Waals surface area contributed by atoms with E-state index in [1.807, 2.05) is 25.2 Å². The van der Waals surface area contributed by atoms with Gasteiger partial charge in [0.05, 0.1) is 0 Å². The van der Waals surface area contributed by atoms with E-state index in [-0.39, 0.29) is 11.9 Å². The molecule has 0 spiro atoms. The van der Waals surface area contributed by atoms with Crippen LogP contribution in [0.25, 0.3) is 0 Å². The van der Waals surface area contributed by atoms with E-state index in [1.54, 1.807) is 0 Å². The van der Waals surface area contributed by atoms with E-state index in [0.29, 0.717) is 23.4 Å². The van der Waals surface area contributed by atoms with Crippen molar-refractivity contribution in [2.45, 2.75) is 49.5 Å². The molecular formula is C16H22Cl2N2O. The van der Waals surface area contributed by atoms with Crippen molar-refractivity contribution in [1.82, 2.24) is 10.6 Å². The fourth-order valence-electron chi connectivity index (χ4n) is 2.92. The minimum Gasteiger partial charge on any atom is -0.348 e. The van der Waals surface area contributed by atoms with Gasteiger partial charge in [-0.05, 0) is 43.1 Å². The van der Waals surface area contributed by atoms with Crippen LogP contribution in [0, 0.1) is 0 Å². The standard InChI is InChI=1S/C16H22Cl2N2O/c1-19-14-4-2-3-5-15(14)20-16(21)11-6-7-12(9-17)13(8-11)10-18/h6-8,14-15,19H,2-5,9-10H2,1H3,(H,20,21). The van der Waals surface area contributed by atoms with Crippen molar-refractivity contribution in [3.63, 3.8) is 0 Å². The first-order valence-corrected chi connectivity index (χ1v) is 8.48. The molecule has 5 heteroatoms. The summed E-state index contributed by atoms with van der Waals surface area (Å²) in [5.74, 6) is 0.745. The molecule has 2 rings (SSSR count). The van der Waals surface area contributed by atoms with Gasteiger partial charge >= 0.3 is 0 Å². The lowest BCUT2D eigenvalue weighted by Gasteiger charge is -2.32. The van der Waals surface area contributed by atoms with Gasteiger partial charge in [0.25, 0.3) is 5.91 Å².